The number of thioether (sulfide) groups is 1. The molecule has 130 valence electrons. The summed E-state index contributed by atoms with van der Waals surface area (Å²) in [6.45, 7) is 6.07. The van der Waals surface area contributed by atoms with E-state index in [0.29, 0.717) is 17.9 Å². The van der Waals surface area contributed by atoms with Gasteiger partial charge in [-0.2, -0.15) is 0 Å². The molecule has 0 unspecified atom stereocenters. The highest BCUT2D eigenvalue weighted by Gasteiger charge is 2.29. The van der Waals surface area contributed by atoms with Crippen molar-refractivity contribution in [3.8, 4) is 0 Å². The summed E-state index contributed by atoms with van der Waals surface area (Å²) in [5, 5.41) is 2.89. The topological polar surface area (TPSA) is 49.4 Å². The Kier molecular flexibility index (Phi) is 5.13. The average molecular weight is 354 g/mol. The van der Waals surface area contributed by atoms with E-state index in [1.807, 2.05) is 37.3 Å². The molecule has 0 saturated carbocycles. The third-order valence-electron chi connectivity index (χ3n) is 4.47. The van der Waals surface area contributed by atoms with E-state index in [-0.39, 0.29) is 17.9 Å². The number of carbonyl (C=O) groups is 2. The molecule has 3 rings (SSSR count). The van der Waals surface area contributed by atoms with Crippen LogP contribution in [0.2, 0.25) is 0 Å². The van der Waals surface area contributed by atoms with Crippen LogP contribution in [0.25, 0.3) is 0 Å². The van der Waals surface area contributed by atoms with Crippen LogP contribution in [0.5, 0.6) is 0 Å². The zero-order chi connectivity index (χ0) is 18.0. The summed E-state index contributed by atoms with van der Waals surface area (Å²) in [4.78, 5) is 27.8. The molecule has 1 heterocycles. The van der Waals surface area contributed by atoms with Crippen molar-refractivity contribution < 1.29 is 9.59 Å². The average Bonchev–Trinajstić information content (AvgIpc) is 2.70. The number of amides is 2. The number of fused-ring (bicyclic) bond motifs is 1. The summed E-state index contributed by atoms with van der Waals surface area (Å²) in [6.07, 6.45) is 0.300. The number of rotatable bonds is 3. The van der Waals surface area contributed by atoms with Crippen molar-refractivity contribution >= 4 is 35.0 Å². The van der Waals surface area contributed by atoms with Crippen molar-refractivity contribution in [1.29, 1.82) is 0 Å². The molecule has 2 amide bonds. The van der Waals surface area contributed by atoms with E-state index in [1.165, 1.54) is 22.9 Å². The molecule has 0 fully saturated rings. The summed E-state index contributed by atoms with van der Waals surface area (Å²) in [6, 6.07) is 13.5. The molecule has 25 heavy (non-hydrogen) atoms. The molecule has 0 aromatic heterocycles. The quantitative estimate of drug-likeness (QED) is 0.842. The molecule has 0 spiro atoms. The molecule has 1 aliphatic rings. The second-order valence-corrected chi connectivity index (χ2v) is 7.47. The first-order valence-corrected chi connectivity index (χ1v) is 9.35. The van der Waals surface area contributed by atoms with Gasteiger partial charge >= 0.3 is 0 Å². The second-order valence-electron chi connectivity index (χ2n) is 6.42. The largest absolute Gasteiger partial charge is 0.324 e. The van der Waals surface area contributed by atoms with E-state index < -0.39 is 0 Å². The molecule has 1 atom stereocenters. The van der Waals surface area contributed by atoms with E-state index in [2.05, 4.69) is 31.3 Å². The van der Waals surface area contributed by atoms with Gasteiger partial charge in [-0.3, -0.25) is 9.59 Å². The minimum absolute atomic E-state index is 0.0136. The normalized spacial score (nSPS) is 16.8. The van der Waals surface area contributed by atoms with Gasteiger partial charge in [0.15, 0.2) is 0 Å². The van der Waals surface area contributed by atoms with Gasteiger partial charge in [0.2, 0.25) is 11.8 Å². The van der Waals surface area contributed by atoms with Crippen LogP contribution in [0.15, 0.2) is 47.4 Å². The smallest absolute Gasteiger partial charge is 0.237 e. The van der Waals surface area contributed by atoms with Crippen LogP contribution >= 0.6 is 11.8 Å². The first-order chi connectivity index (χ1) is 12.0. The Bertz CT molecular complexity index is 819. The highest BCUT2D eigenvalue weighted by atomic mass is 32.2. The maximum Gasteiger partial charge on any atom is 0.237 e. The molecule has 0 saturated heterocycles. The van der Waals surface area contributed by atoms with E-state index in [4.69, 9.17) is 0 Å². The van der Waals surface area contributed by atoms with Crippen molar-refractivity contribution in [3.05, 3.63) is 53.6 Å². The fourth-order valence-corrected chi connectivity index (χ4v) is 3.84. The third kappa shape index (κ3) is 3.87. The first-order valence-electron chi connectivity index (χ1n) is 8.36. The van der Waals surface area contributed by atoms with E-state index in [1.54, 1.807) is 4.90 Å². The fourth-order valence-electron chi connectivity index (χ4n) is 2.99. The standard InChI is InChI=1S/C20H22N2O2S/c1-13-8-9-16(10-14(13)2)25-12-20(24)22-15(3)11-19(23)21-17-6-4-5-7-18(17)22/h4-10,15H,11-12H2,1-3H3,(H,21,23)/t15-/m0/s1. The summed E-state index contributed by atoms with van der Waals surface area (Å²) in [5.41, 5.74) is 3.93. The SMILES string of the molecule is Cc1ccc(SCC(=O)N2c3ccccc3NC(=O)C[C@@H]2C)cc1C. The number of para-hydroxylation sites is 2. The van der Waals surface area contributed by atoms with Crippen molar-refractivity contribution in [2.75, 3.05) is 16.0 Å². The zero-order valence-corrected chi connectivity index (χ0v) is 15.5. The summed E-state index contributed by atoms with van der Waals surface area (Å²) >= 11 is 1.53. The maximum atomic E-state index is 12.9. The van der Waals surface area contributed by atoms with Gasteiger partial charge in [0, 0.05) is 17.4 Å². The second kappa shape index (κ2) is 7.31. The molecule has 0 bridgehead atoms. The van der Waals surface area contributed by atoms with Crippen LogP contribution in [-0.2, 0) is 9.59 Å². The van der Waals surface area contributed by atoms with Crippen LogP contribution < -0.4 is 10.2 Å². The van der Waals surface area contributed by atoms with Gasteiger partial charge < -0.3 is 10.2 Å². The van der Waals surface area contributed by atoms with Crippen molar-refractivity contribution in [2.24, 2.45) is 0 Å². The lowest BCUT2D eigenvalue weighted by atomic mass is 10.1. The molecule has 5 heteroatoms. The summed E-state index contributed by atoms with van der Waals surface area (Å²) < 4.78 is 0. The summed E-state index contributed by atoms with van der Waals surface area (Å²) in [5.74, 6) is 0.298. The zero-order valence-electron chi connectivity index (χ0n) is 14.7. The van der Waals surface area contributed by atoms with Gasteiger partial charge in [-0.05, 0) is 56.2 Å². The molecule has 2 aromatic rings. The van der Waals surface area contributed by atoms with Gasteiger partial charge in [0.05, 0.1) is 17.1 Å². The van der Waals surface area contributed by atoms with Crippen LogP contribution in [0.1, 0.15) is 24.5 Å². The van der Waals surface area contributed by atoms with Gasteiger partial charge in [-0.15, -0.1) is 11.8 Å². The van der Waals surface area contributed by atoms with Gasteiger partial charge in [0.1, 0.15) is 0 Å². The number of nitrogens with zero attached hydrogens (tertiary/aromatic N) is 1. The Labute approximate surface area is 152 Å². The van der Waals surface area contributed by atoms with Gasteiger partial charge in [-0.1, -0.05) is 18.2 Å². The number of hydrogen-bond acceptors (Lipinski definition) is 3. The minimum atomic E-state index is -0.170. The summed E-state index contributed by atoms with van der Waals surface area (Å²) in [7, 11) is 0. The Balaban J connectivity index is 1.80. The number of nitrogens with one attached hydrogen (secondary N) is 1. The molecule has 1 aliphatic heterocycles. The monoisotopic (exact) mass is 354 g/mol. The number of carbonyl (C=O) groups excluding carboxylic acids is 2. The van der Waals surface area contributed by atoms with E-state index in [0.717, 1.165) is 10.6 Å². The molecule has 1 N–H and O–H groups in total. The minimum Gasteiger partial charge on any atom is -0.324 e. The lowest BCUT2D eigenvalue weighted by Crippen LogP contribution is -2.40. The highest BCUT2D eigenvalue weighted by Crippen LogP contribution is 2.32. The molecular formula is C20H22N2O2S. The maximum absolute atomic E-state index is 12.9. The molecular weight excluding hydrogens is 332 g/mol. The Morgan fingerprint density at radius 2 is 1.96 bits per heavy atom. The molecule has 2 aromatic carbocycles. The fraction of sp³-hybridized carbons (Fsp3) is 0.300. The number of anilines is 2. The molecule has 4 nitrogen and oxygen atoms in total. The van der Waals surface area contributed by atoms with Gasteiger partial charge in [0.25, 0.3) is 0 Å². The number of hydrogen-bond donors (Lipinski definition) is 1. The lowest BCUT2D eigenvalue weighted by Gasteiger charge is -2.27. The number of aryl methyl sites for hydroxylation is 2. The van der Waals surface area contributed by atoms with Crippen molar-refractivity contribution in [2.45, 2.75) is 38.1 Å². The van der Waals surface area contributed by atoms with E-state index >= 15 is 0 Å². The molecule has 0 radical (unpaired) electrons. The van der Waals surface area contributed by atoms with Crippen LogP contribution in [0.4, 0.5) is 11.4 Å². The predicted octanol–water partition coefficient (Wildman–Crippen LogP) is 4.16. The van der Waals surface area contributed by atoms with Crippen LogP contribution in [-0.4, -0.2) is 23.6 Å². The van der Waals surface area contributed by atoms with E-state index in [9.17, 15) is 9.59 Å². The van der Waals surface area contributed by atoms with Gasteiger partial charge in [-0.25, -0.2) is 0 Å². The van der Waals surface area contributed by atoms with Crippen molar-refractivity contribution in [1.82, 2.24) is 0 Å². The Hall–Kier alpha value is -2.27. The lowest BCUT2D eigenvalue weighted by molar-refractivity contribution is -0.117. The predicted molar refractivity (Wildman–Crippen MR) is 103 cm³/mol. The number of benzene rings is 2. The highest BCUT2D eigenvalue weighted by molar-refractivity contribution is 8.00. The van der Waals surface area contributed by atoms with Crippen molar-refractivity contribution in [3.63, 3.8) is 0 Å². The van der Waals surface area contributed by atoms with Crippen LogP contribution in [0, 0.1) is 13.8 Å². The Morgan fingerprint density at radius 3 is 2.72 bits per heavy atom. The Morgan fingerprint density at radius 1 is 1.20 bits per heavy atom. The third-order valence-corrected chi connectivity index (χ3v) is 5.45. The molecule has 0 aliphatic carbocycles. The first kappa shape index (κ1) is 17.5. The van der Waals surface area contributed by atoms with Crippen LogP contribution in [0.3, 0.4) is 0 Å².